The first-order valence-electron chi connectivity index (χ1n) is 17.6. The van der Waals surface area contributed by atoms with E-state index in [1.54, 1.807) is 13.2 Å². The fourth-order valence-electron chi connectivity index (χ4n) is 7.95. The molecule has 0 aromatic heterocycles. The highest BCUT2D eigenvalue weighted by molar-refractivity contribution is 7.92. The molecule has 2 unspecified atom stereocenters. The molecule has 2 N–H and O–H groups in total. The van der Waals surface area contributed by atoms with Crippen LogP contribution in [0.5, 0.6) is 5.75 Å². The maximum atomic E-state index is 14.4. The first-order valence-corrected chi connectivity index (χ1v) is 19.7. The fourth-order valence-corrected chi connectivity index (χ4v) is 9.98. The third kappa shape index (κ3) is 7.80. The summed E-state index contributed by atoms with van der Waals surface area (Å²) < 4.78 is 39.2. The van der Waals surface area contributed by atoms with Crippen LogP contribution in [0.1, 0.15) is 60.5 Å². The number of carbonyl (C=O) groups excluding carboxylic acids is 2. The van der Waals surface area contributed by atoms with Gasteiger partial charge in [0.15, 0.2) is 0 Å². The molecular weight excluding hydrogens is 664 g/mol. The average molecular weight is 711 g/mol. The maximum absolute atomic E-state index is 14.4. The number of benzene rings is 2. The molecule has 264 valence electrons. The van der Waals surface area contributed by atoms with Gasteiger partial charge in [0.2, 0.25) is 0 Å². The quantitative estimate of drug-likeness (QED) is 0.366. The highest BCUT2D eigenvalue weighted by Crippen LogP contribution is 2.44. The first-order chi connectivity index (χ1) is 23.7. The number of hydrogen-bond acceptors (Lipinski definition) is 7. The van der Waals surface area contributed by atoms with Crippen molar-refractivity contribution in [3.05, 3.63) is 70.3 Å². The SMILES string of the molecule is CO[C@H]1/C=C/C[C@H](C)CS(=O)(NC(=O)NC2[C@H]3COC[C@@H]23)=NC(=O)c2ccc3c(c2)N(Cc2ccc(Cl)cc2CCCCO3)C[C@@H]2CC[C@H]21. The van der Waals surface area contributed by atoms with Crippen molar-refractivity contribution >= 4 is 39.1 Å². The molecular formula is C37H47ClN4O6S. The van der Waals surface area contributed by atoms with Crippen LogP contribution in [-0.2, 0) is 32.4 Å². The number of carbonyl (C=O) groups is 2. The third-order valence-electron chi connectivity index (χ3n) is 10.9. The zero-order valence-electron chi connectivity index (χ0n) is 28.3. The van der Waals surface area contributed by atoms with E-state index in [2.05, 4.69) is 43.6 Å². The van der Waals surface area contributed by atoms with Crippen LogP contribution in [0.4, 0.5) is 10.5 Å². The Balaban J connectivity index is 1.27. The molecule has 2 aromatic rings. The summed E-state index contributed by atoms with van der Waals surface area (Å²) >= 11 is 6.46. The lowest BCUT2D eigenvalue weighted by Crippen LogP contribution is -2.44. The van der Waals surface area contributed by atoms with Gasteiger partial charge in [-0.25, -0.2) is 9.00 Å². The van der Waals surface area contributed by atoms with E-state index in [9.17, 15) is 13.8 Å². The molecule has 12 heteroatoms. The Kier molecular flexibility index (Phi) is 10.2. The van der Waals surface area contributed by atoms with E-state index < -0.39 is 21.9 Å². The second kappa shape index (κ2) is 14.6. The molecule has 5 aliphatic rings. The van der Waals surface area contributed by atoms with E-state index in [-0.39, 0.29) is 35.7 Å². The Morgan fingerprint density at radius 1 is 1.08 bits per heavy atom. The van der Waals surface area contributed by atoms with E-state index >= 15 is 0 Å². The minimum Gasteiger partial charge on any atom is -0.491 e. The van der Waals surface area contributed by atoms with Gasteiger partial charge in [0.05, 0.1) is 37.4 Å². The lowest BCUT2D eigenvalue weighted by Gasteiger charge is -2.43. The number of anilines is 1. The summed E-state index contributed by atoms with van der Waals surface area (Å²) in [7, 11) is -1.72. The second-order valence-electron chi connectivity index (χ2n) is 14.4. The molecule has 3 heterocycles. The van der Waals surface area contributed by atoms with E-state index in [1.807, 2.05) is 25.1 Å². The van der Waals surface area contributed by atoms with Crippen LogP contribution >= 0.6 is 11.6 Å². The molecule has 3 amide bonds. The van der Waals surface area contributed by atoms with Crippen LogP contribution in [0, 0.1) is 29.6 Å². The van der Waals surface area contributed by atoms with Crippen molar-refractivity contribution in [3.8, 4) is 5.75 Å². The Morgan fingerprint density at radius 3 is 2.69 bits per heavy atom. The van der Waals surface area contributed by atoms with Crippen molar-refractivity contribution in [2.45, 2.75) is 64.1 Å². The number of hydrogen-bond donors (Lipinski definition) is 2. The van der Waals surface area contributed by atoms with Crippen molar-refractivity contribution in [2.24, 2.45) is 34.0 Å². The van der Waals surface area contributed by atoms with Crippen molar-refractivity contribution < 1.29 is 28.0 Å². The molecule has 8 atom stereocenters. The summed E-state index contributed by atoms with van der Waals surface area (Å²) in [6, 6.07) is 10.8. The van der Waals surface area contributed by atoms with Gasteiger partial charge >= 0.3 is 6.03 Å². The van der Waals surface area contributed by atoms with Gasteiger partial charge in [-0.2, -0.15) is 0 Å². The molecule has 2 aromatic carbocycles. The van der Waals surface area contributed by atoms with Gasteiger partial charge in [0, 0.05) is 48.7 Å². The van der Waals surface area contributed by atoms with Gasteiger partial charge in [-0.1, -0.05) is 36.7 Å². The minimum atomic E-state index is -3.48. The highest BCUT2D eigenvalue weighted by Gasteiger charge is 2.55. The van der Waals surface area contributed by atoms with Crippen molar-refractivity contribution in [1.29, 1.82) is 0 Å². The number of methoxy groups -OCH3 is 1. The number of nitrogens with zero attached hydrogens (tertiary/aromatic N) is 2. The number of halogens is 1. The van der Waals surface area contributed by atoms with Gasteiger partial charge in [-0.3, -0.25) is 9.52 Å². The predicted molar refractivity (Wildman–Crippen MR) is 190 cm³/mol. The van der Waals surface area contributed by atoms with Crippen LogP contribution < -0.4 is 19.7 Å². The number of allylic oxidation sites excluding steroid dienone is 1. The van der Waals surface area contributed by atoms with Gasteiger partial charge in [-0.15, -0.1) is 4.36 Å². The molecule has 3 aliphatic heterocycles. The van der Waals surface area contributed by atoms with Crippen LogP contribution in [0.2, 0.25) is 5.02 Å². The molecule has 2 aliphatic carbocycles. The summed E-state index contributed by atoms with van der Waals surface area (Å²) in [5.41, 5.74) is 3.49. The molecule has 49 heavy (non-hydrogen) atoms. The molecule has 1 saturated heterocycles. The zero-order chi connectivity index (χ0) is 34.1. The largest absolute Gasteiger partial charge is 0.491 e. The normalized spacial score (nSPS) is 33.6. The van der Waals surface area contributed by atoms with Crippen molar-refractivity contribution in [2.75, 3.05) is 44.1 Å². The smallest absolute Gasteiger partial charge is 0.327 e. The lowest BCUT2D eigenvalue weighted by atomic mass is 9.70. The molecule has 2 saturated carbocycles. The molecule has 7 rings (SSSR count). The predicted octanol–water partition coefficient (Wildman–Crippen LogP) is 6.17. The number of fused-ring (bicyclic) bond motifs is 4. The Labute approximate surface area is 294 Å². The standard InChI is InChI=1S/C37H47ClN4O6S/c1-23-6-5-8-33(46-2)29-13-10-27(29)19-42-18-26-9-12-28(38)16-24(26)7-3-4-15-48-34-14-11-25(17-32(34)42)36(43)40-49(45,22-23)41-37(44)39-35-30-20-47-21-31(30)35/h5,8-9,11-12,14,16-17,23,27,29-31,33,35H,3-4,6-7,10,13,15,18-22H2,1-2H3,(H2,39,40,41,43,44,45)/b8-5+/t23-,27-,29+,30-,31+,33-,35?,49?/m0/s1. The van der Waals surface area contributed by atoms with Crippen molar-refractivity contribution in [3.63, 3.8) is 0 Å². The molecule has 0 spiro atoms. The minimum absolute atomic E-state index is 0.0152. The van der Waals surface area contributed by atoms with E-state index in [0.717, 1.165) is 49.4 Å². The van der Waals surface area contributed by atoms with Crippen LogP contribution in [0.25, 0.3) is 0 Å². The van der Waals surface area contributed by atoms with E-state index in [4.69, 9.17) is 25.8 Å². The summed E-state index contributed by atoms with van der Waals surface area (Å²) in [5.74, 6) is 1.23. The third-order valence-corrected chi connectivity index (χ3v) is 13.1. The lowest BCUT2D eigenvalue weighted by molar-refractivity contribution is 0.0133. The molecule has 10 nitrogen and oxygen atoms in total. The van der Waals surface area contributed by atoms with Gasteiger partial charge in [0.25, 0.3) is 5.91 Å². The second-order valence-corrected chi connectivity index (χ2v) is 16.9. The van der Waals surface area contributed by atoms with Gasteiger partial charge in [0.1, 0.15) is 15.7 Å². The Morgan fingerprint density at radius 2 is 1.92 bits per heavy atom. The number of aryl methyl sites for hydroxylation is 1. The maximum Gasteiger partial charge on any atom is 0.327 e. The highest BCUT2D eigenvalue weighted by atomic mass is 35.5. The van der Waals surface area contributed by atoms with Gasteiger partial charge < -0.3 is 24.4 Å². The number of urea groups is 1. The fraction of sp³-hybridized carbons (Fsp3) is 0.568. The first kappa shape index (κ1) is 34.3. The number of amides is 3. The zero-order valence-corrected chi connectivity index (χ0v) is 29.8. The Hall–Kier alpha value is -3.12. The Bertz CT molecular complexity index is 1720. The van der Waals surface area contributed by atoms with Crippen molar-refractivity contribution in [1.82, 2.24) is 10.0 Å². The summed E-state index contributed by atoms with van der Waals surface area (Å²) in [6.45, 7) is 5.08. The topological polar surface area (TPSA) is 119 Å². The van der Waals surface area contributed by atoms with E-state index in [1.165, 1.54) is 11.1 Å². The average Bonchev–Trinajstić information content (AvgIpc) is 3.44. The molecule has 0 radical (unpaired) electrons. The van der Waals surface area contributed by atoms with Crippen LogP contribution in [0.3, 0.4) is 0 Å². The summed E-state index contributed by atoms with van der Waals surface area (Å²) in [6.07, 6.45) is 9.62. The molecule has 2 bridgehead atoms. The number of rotatable bonds is 3. The van der Waals surface area contributed by atoms with E-state index in [0.29, 0.717) is 55.9 Å². The number of ether oxygens (including phenoxy) is 3. The molecule has 3 fully saturated rings. The monoisotopic (exact) mass is 710 g/mol. The number of nitrogens with one attached hydrogen (secondary N) is 2. The van der Waals surface area contributed by atoms with Crippen LogP contribution in [0.15, 0.2) is 52.9 Å². The van der Waals surface area contributed by atoms with Gasteiger partial charge in [-0.05, 0) is 97.7 Å². The summed E-state index contributed by atoms with van der Waals surface area (Å²) in [4.78, 5) is 29.4. The summed E-state index contributed by atoms with van der Waals surface area (Å²) in [5, 5.41) is 3.66. The van der Waals surface area contributed by atoms with Crippen LogP contribution in [-0.4, -0.2) is 67.5 Å².